The number of rotatable bonds is 8. The first-order valence-corrected chi connectivity index (χ1v) is 9.99. The summed E-state index contributed by atoms with van der Waals surface area (Å²) >= 11 is 0. The van der Waals surface area contributed by atoms with Gasteiger partial charge in [-0.2, -0.15) is 0 Å². The Kier molecular flexibility index (Phi) is 7.26. The van der Waals surface area contributed by atoms with Crippen LogP contribution in [0, 0.1) is 5.92 Å². The predicted octanol–water partition coefficient (Wildman–Crippen LogP) is 3.38. The van der Waals surface area contributed by atoms with Crippen molar-refractivity contribution < 1.29 is 19.1 Å². The average molecular weight is 422 g/mol. The number of nitrogens with zero attached hydrogens (tertiary/aromatic N) is 2. The first kappa shape index (κ1) is 21.9. The molecular formula is C23H26N4O4. The second kappa shape index (κ2) is 10.3. The third kappa shape index (κ3) is 5.63. The van der Waals surface area contributed by atoms with Crippen molar-refractivity contribution >= 4 is 11.8 Å². The van der Waals surface area contributed by atoms with Gasteiger partial charge in [0, 0.05) is 11.3 Å². The maximum atomic E-state index is 12.6. The Morgan fingerprint density at radius 1 is 1.03 bits per heavy atom. The van der Waals surface area contributed by atoms with Crippen LogP contribution in [0.2, 0.25) is 0 Å². The smallest absolute Gasteiger partial charge is 0.288 e. The Balaban J connectivity index is 1.63. The lowest BCUT2D eigenvalue weighted by Gasteiger charge is -2.13. The number of hydrogen-bond donors (Lipinski definition) is 2. The molecule has 0 atom stereocenters. The van der Waals surface area contributed by atoms with Gasteiger partial charge in [0.2, 0.25) is 0 Å². The zero-order valence-electron chi connectivity index (χ0n) is 17.8. The lowest BCUT2D eigenvalue weighted by molar-refractivity contribution is 0.0842. The second-order valence-electron chi connectivity index (χ2n) is 7.29. The minimum atomic E-state index is -0.490. The maximum Gasteiger partial charge on any atom is 0.288 e. The van der Waals surface area contributed by atoms with Gasteiger partial charge in [-0.15, -0.1) is 0 Å². The number of benzene rings is 2. The van der Waals surface area contributed by atoms with Crippen LogP contribution in [0.1, 0.15) is 41.1 Å². The summed E-state index contributed by atoms with van der Waals surface area (Å²) in [6.45, 7) is 4.80. The Hall–Kier alpha value is -3.81. The maximum absolute atomic E-state index is 12.6. The van der Waals surface area contributed by atoms with Gasteiger partial charge in [0.1, 0.15) is 5.69 Å². The molecule has 0 unspecified atom stereocenters. The van der Waals surface area contributed by atoms with Crippen molar-refractivity contribution in [1.29, 1.82) is 0 Å². The quantitative estimate of drug-likeness (QED) is 0.543. The van der Waals surface area contributed by atoms with Gasteiger partial charge < -0.3 is 9.47 Å². The molecule has 0 aliphatic heterocycles. The number of methoxy groups -OCH3 is 1. The van der Waals surface area contributed by atoms with Crippen LogP contribution >= 0.6 is 0 Å². The molecule has 162 valence electrons. The van der Waals surface area contributed by atoms with Crippen molar-refractivity contribution in [2.75, 3.05) is 13.7 Å². The van der Waals surface area contributed by atoms with Crippen molar-refractivity contribution in [3.05, 3.63) is 72.3 Å². The minimum Gasteiger partial charge on any atom is -0.493 e. The molecule has 0 saturated carbocycles. The van der Waals surface area contributed by atoms with E-state index in [2.05, 4.69) is 29.7 Å². The van der Waals surface area contributed by atoms with Crippen LogP contribution in [-0.2, 0) is 0 Å². The first-order valence-electron chi connectivity index (χ1n) is 9.99. The van der Waals surface area contributed by atoms with E-state index in [4.69, 9.17) is 9.47 Å². The fourth-order valence-electron chi connectivity index (χ4n) is 2.84. The molecular weight excluding hydrogens is 396 g/mol. The van der Waals surface area contributed by atoms with Gasteiger partial charge in [0.25, 0.3) is 11.8 Å². The van der Waals surface area contributed by atoms with Crippen molar-refractivity contribution in [2.45, 2.75) is 20.3 Å². The van der Waals surface area contributed by atoms with Gasteiger partial charge >= 0.3 is 0 Å². The summed E-state index contributed by atoms with van der Waals surface area (Å²) in [7, 11) is 1.51. The minimum absolute atomic E-state index is 0.290. The van der Waals surface area contributed by atoms with E-state index < -0.39 is 11.8 Å². The summed E-state index contributed by atoms with van der Waals surface area (Å²) in [6, 6.07) is 14.2. The summed E-state index contributed by atoms with van der Waals surface area (Å²) in [5, 5.41) is 0. The highest BCUT2D eigenvalue weighted by Gasteiger charge is 2.16. The summed E-state index contributed by atoms with van der Waals surface area (Å²) in [5.41, 5.74) is 6.24. The number of ether oxygens (including phenoxy) is 2. The summed E-state index contributed by atoms with van der Waals surface area (Å²) in [5.74, 6) is 0.569. The molecule has 0 bridgehead atoms. The fraction of sp³-hybridized carbons (Fsp3) is 0.261. The van der Waals surface area contributed by atoms with Gasteiger partial charge in [0.15, 0.2) is 11.5 Å². The molecule has 8 nitrogen and oxygen atoms in total. The van der Waals surface area contributed by atoms with Crippen LogP contribution in [0.3, 0.4) is 0 Å². The van der Waals surface area contributed by atoms with Crippen LogP contribution in [-0.4, -0.2) is 35.1 Å². The van der Waals surface area contributed by atoms with E-state index in [1.54, 1.807) is 22.8 Å². The number of carbonyl (C=O) groups excluding carboxylic acids is 2. The number of amides is 2. The molecule has 3 rings (SSSR count). The Labute approximate surface area is 181 Å². The number of carbonyl (C=O) groups is 2. The molecule has 0 fully saturated rings. The van der Waals surface area contributed by atoms with Gasteiger partial charge in [-0.1, -0.05) is 32.0 Å². The van der Waals surface area contributed by atoms with Crippen LogP contribution < -0.4 is 20.3 Å². The topological polar surface area (TPSA) is 94.5 Å². The molecule has 0 spiro atoms. The number of aromatic nitrogens is 2. The highest BCUT2D eigenvalue weighted by atomic mass is 16.5. The highest BCUT2D eigenvalue weighted by molar-refractivity contribution is 5.98. The van der Waals surface area contributed by atoms with Gasteiger partial charge in [-0.05, 0) is 42.7 Å². The second-order valence-corrected chi connectivity index (χ2v) is 7.29. The van der Waals surface area contributed by atoms with Crippen molar-refractivity contribution in [1.82, 2.24) is 20.4 Å². The molecule has 8 heteroatoms. The third-order valence-electron chi connectivity index (χ3n) is 4.57. The van der Waals surface area contributed by atoms with E-state index in [-0.39, 0.29) is 5.69 Å². The Morgan fingerprint density at radius 3 is 2.48 bits per heavy atom. The van der Waals surface area contributed by atoms with E-state index in [1.165, 1.54) is 19.6 Å². The van der Waals surface area contributed by atoms with Crippen LogP contribution in [0.5, 0.6) is 11.5 Å². The van der Waals surface area contributed by atoms with Gasteiger partial charge in [-0.25, -0.2) is 4.98 Å². The molecule has 0 saturated heterocycles. The summed E-state index contributed by atoms with van der Waals surface area (Å²) in [4.78, 5) is 29.1. The van der Waals surface area contributed by atoms with E-state index in [0.717, 1.165) is 12.1 Å². The standard InChI is InChI=1S/C23H26N4O4/c1-16(2)11-12-31-20-10-9-17(13-21(20)30-3)22(28)25-26-23(29)19-14-24-15-27(19)18-7-5-4-6-8-18/h4-10,13-16H,11-12H2,1-3H3,(H,25,28)(H,26,29). The van der Waals surface area contributed by atoms with E-state index in [0.29, 0.717) is 29.6 Å². The van der Waals surface area contributed by atoms with Crippen molar-refractivity contribution in [3.63, 3.8) is 0 Å². The lowest BCUT2D eigenvalue weighted by atomic mass is 10.1. The predicted molar refractivity (Wildman–Crippen MR) is 116 cm³/mol. The third-order valence-corrected chi connectivity index (χ3v) is 4.57. The zero-order valence-corrected chi connectivity index (χ0v) is 17.8. The van der Waals surface area contributed by atoms with Crippen LogP contribution in [0.4, 0.5) is 0 Å². The lowest BCUT2D eigenvalue weighted by Crippen LogP contribution is -2.42. The molecule has 2 amide bonds. The first-order chi connectivity index (χ1) is 15.0. The normalized spacial score (nSPS) is 10.6. The molecule has 3 aromatic rings. The van der Waals surface area contributed by atoms with E-state index in [1.807, 2.05) is 30.3 Å². The molecule has 1 heterocycles. The van der Waals surface area contributed by atoms with Crippen molar-refractivity contribution in [2.24, 2.45) is 5.92 Å². The number of para-hydroxylation sites is 1. The van der Waals surface area contributed by atoms with E-state index in [9.17, 15) is 9.59 Å². The Morgan fingerprint density at radius 2 is 1.77 bits per heavy atom. The van der Waals surface area contributed by atoms with Crippen molar-refractivity contribution in [3.8, 4) is 17.2 Å². The molecule has 1 aromatic heterocycles. The number of imidazole rings is 1. The molecule has 0 aliphatic rings. The average Bonchev–Trinajstić information content (AvgIpc) is 3.28. The largest absolute Gasteiger partial charge is 0.493 e. The molecule has 2 N–H and O–H groups in total. The number of hydrogen-bond acceptors (Lipinski definition) is 5. The molecule has 2 aromatic carbocycles. The van der Waals surface area contributed by atoms with Gasteiger partial charge in [0.05, 0.1) is 26.2 Å². The van der Waals surface area contributed by atoms with Crippen LogP contribution in [0.25, 0.3) is 5.69 Å². The van der Waals surface area contributed by atoms with Gasteiger partial charge in [-0.3, -0.25) is 25.0 Å². The molecule has 0 aliphatic carbocycles. The van der Waals surface area contributed by atoms with E-state index >= 15 is 0 Å². The number of nitrogens with one attached hydrogen (secondary N) is 2. The highest BCUT2D eigenvalue weighted by Crippen LogP contribution is 2.28. The summed E-state index contributed by atoms with van der Waals surface area (Å²) in [6.07, 6.45) is 3.88. The van der Waals surface area contributed by atoms with Crippen LogP contribution in [0.15, 0.2) is 61.1 Å². The summed E-state index contributed by atoms with van der Waals surface area (Å²) < 4.78 is 12.7. The molecule has 31 heavy (non-hydrogen) atoms. The SMILES string of the molecule is COc1cc(C(=O)NNC(=O)c2cncn2-c2ccccc2)ccc1OCCC(C)C. The monoisotopic (exact) mass is 422 g/mol. The number of hydrazine groups is 1. The fourth-order valence-corrected chi connectivity index (χ4v) is 2.84. The Bertz CT molecular complexity index is 1030. The molecule has 0 radical (unpaired) electrons. The zero-order chi connectivity index (χ0) is 22.2.